The van der Waals surface area contributed by atoms with Crippen LogP contribution in [0, 0.1) is 11.8 Å². The van der Waals surface area contributed by atoms with Crippen molar-refractivity contribution < 1.29 is 41.7 Å². The third-order valence-corrected chi connectivity index (χ3v) is 6.67. The van der Waals surface area contributed by atoms with E-state index in [1.54, 1.807) is 36.4 Å². The van der Waals surface area contributed by atoms with Gasteiger partial charge in [0.25, 0.3) is 5.79 Å². The van der Waals surface area contributed by atoms with Crippen molar-refractivity contribution in [1.29, 1.82) is 0 Å². The molecule has 2 aliphatic carbocycles. The molecule has 1 fully saturated rings. The van der Waals surface area contributed by atoms with Crippen LogP contribution in [-0.2, 0) is 19.1 Å². The smallest absolute Gasteiger partial charge is 0.420 e. The molecule has 5 aliphatic rings. The van der Waals surface area contributed by atoms with Crippen LogP contribution in [0.25, 0.3) is 10.8 Å². The Morgan fingerprint density at radius 1 is 1.03 bits per heavy atom. The number of ketones is 1. The first-order chi connectivity index (χ1) is 15.2. The average molecular weight is 444 g/mol. The van der Waals surface area contributed by atoms with E-state index < -0.39 is 52.8 Å². The molecule has 4 unspecified atom stereocenters. The number of hydrogen-bond donors (Lipinski definition) is 0. The van der Waals surface area contributed by atoms with Crippen molar-refractivity contribution in [3.63, 3.8) is 0 Å². The number of allylic oxidation sites excluding steroid dienone is 1. The van der Waals surface area contributed by atoms with Crippen molar-refractivity contribution >= 4 is 22.5 Å². The lowest BCUT2D eigenvalue weighted by atomic mass is 9.59. The van der Waals surface area contributed by atoms with E-state index in [1.165, 1.54) is 19.3 Å². The van der Waals surface area contributed by atoms with E-state index >= 15 is 0 Å². The predicted molar refractivity (Wildman–Crippen MR) is 103 cm³/mol. The molecule has 2 aromatic carbocycles. The van der Waals surface area contributed by atoms with Crippen LogP contribution >= 0.6 is 0 Å². The number of methoxy groups -OCH3 is 1. The summed E-state index contributed by atoms with van der Waals surface area (Å²) in [5.41, 5.74) is -3.15. The topological polar surface area (TPSA) is 71.1 Å². The van der Waals surface area contributed by atoms with E-state index in [1.807, 2.05) is 0 Å². The highest BCUT2D eigenvalue weighted by molar-refractivity contribution is 6.02. The lowest BCUT2D eigenvalue weighted by Gasteiger charge is -2.57. The zero-order valence-corrected chi connectivity index (χ0v) is 16.5. The number of hydrogen-bond acceptors (Lipinski definition) is 6. The van der Waals surface area contributed by atoms with Crippen molar-refractivity contribution in [1.82, 2.24) is 0 Å². The van der Waals surface area contributed by atoms with Crippen molar-refractivity contribution in [3.8, 4) is 11.5 Å². The van der Waals surface area contributed by atoms with Crippen LogP contribution in [0.4, 0.5) is 13.2 Å². The molecule has 6 nitrogen and oxygen atoms in total. The van der Waals surface area contributed by atoms with Gasteiger partial charge in [0.15, 0.2) is 11.4 Å². The van der Waals surface area contributed by atoms with Gasteiger partial charge in [0, 0.05) is 7.11 Å². The summed E-state index contributed by atoms with van der Waals surface area (Å²) in [6.07, 6.45) is -2.86. The van der Waals surface area contributed by atoms with Crippen molar-refractivity contribution in [2.24, 2.45) is 11.8 Å². The van der Waals surface area contributed by atoms with Gasteiger partial charge < -0.3 is 18.9 Å². The fourth-order valence-corrected chi connectivity index (χ4v) is 5.37. The first-order valence-electron chi connectivity index (χ1n) is 9.90. The van der Waals surface area contributed by atoms with Gasteiger partial charge in [-0.25, -0.2) is 4.79 Å². The quantitative estimate of drug-likeness (QED) is 0.496. The van der Waals surface area contributed by atoms with Gasteiger partial charge in [-0.05, 0) is 35.7 Å². The minimum absolute atomic E-state index is 0.177. The lowest BCUT2D eigenvalue weighted by Crippen LogP contribution is -2.73. The molecule has 1 spiro atoms. The minimum Gasteiger partial charge on any atom is -0.455 e. The summed E-state index contributed by atoms with van der Waals surface area (Å²) in [6.45, 7) is 0. The molecule has 0 amide bonds. The highest BCUT2D eigenvalue weighted by atomic mass is 19.4. The van der Waals surface area contributed by atoms with Gasteiger partial charge in [0.2, 0.25) is 0 Å². The molecule has 1 saturated heterocycles. The molecule has 3 heterocycles. The Morgan fingerprint density at radius 2 is 1.69 bits per heavy atom. The first-order valence-corrected chi connectivity index (χ1v) is 9.90. The standard InChI is InChI=1S/C23H15F3O6/c1-29-21-9-8-15(30-20(21)28)19-18(21)12(27)10-16(23(24,25)26)22(19)31-13-6-2-4-11-5-3-7-14(32-22)17(11)13/h2-10,15,18-19H,1H3. The molecular weight excluding hydrogens is 429 g/mol. The van der Waals surface area contributed by atoms with Gasteiger partial charge in [0.05, 0.1) is 17.2 Å². The van der Waals surface area contributed by atoms with E-state index in [4.69, 9.17) is 18.9 Å². The van der Waals surface area contributed by atoms with Gasteiger partial charge in [-0.3, -0.25) is 4.79 Å². The number of ether oxygens (including phenoxy) is 4. The van der Waals surface area contributed by atoms with Crippen LogP contribution in [0.15, 0.2) is 60.2 Å². The fraction of sp³-hybridized carbons (Fsp3) is 0.304. The second kappa shape index (κ2) is 5.92. The maximum Gasteiger partial charge on any atom is 0.420 e. The van der Waals surface area contributed by atoms with E-state index in [2.05, 4.69) is 0 Å². The van der Waals surface area contributed by atoms with E-state index in [0.717, 1.165) is 5.39 Å². The molecular formula is C23H15F3O6. The van der Waals surface area contributed by atoms with Crippen LogP contribution in [0.2, 0.25) is 0 Å². The van der Waals surface area contributed by atoms with Crippen LogP contribution in [-0.4, -0.2) is 42.5 Å². The highest BCUT2D eigenvalue weighted by Crippen LogP contribution is 2.59. The maximum atomic E-state index is 14.3. The number of carbonyl (C=O) groups is 2. The Kier molecular flexibility index (Phi) is 3.58. The largest absolute Gasteiger partial charge is 0.455 e. The zero-order chi connectivity index (χ0) is 22.5. The summed E-state index contributed by atoms with van der Waals surface area (Å²) in [5.74, 6) is -6.49. The number of alkyl halides is 3. The van der Waals surface area contributed by atoms with Crippen molar-refractivity contribution in [2.45, 2.75) is 23.7 Å². The van der Waals surface area contributed by atoms with Gasteiger partial charge in [-0.1, -0.05) is 24.3 Å². The second-order valence-corrected chi connectivity index (χ2v) is 8.17. The van der Waals surface area contributed by atoms with Crippen molar-refractivity contribution in [3.05, 3.63) is 60.2 Å². The molecule has 4 atom stereocenters. The normalized spacial score (nSPS) is 31.6. The molecule has 0 aromatic heterocycles. The van der Waals surface area contributed by atoms with Crippen LogP contribution in [0.1, 0.15) is 0 Å². The summed E-state index contributed by atoms with van der Waals surface area (Å²) >= 11 is 0. The first kappa shape index (κ1) is 19.4. The predicted octanol–water partition coefficient (Wildman–Crippen LogP) is 3.49. The number of fused-ring (bicyclic) bond motifs is 1. The lowest BCUT2D eigenvalue weighted by molar-refractivity contribution is -0.255. The van der Waals surface area contributed by atoms with E-state index in [9.17, 15) is 22.8 Å². The molecule has 3 aliphatic heterocycles. The summed E-state index contributed by atoms with van der Waals surface area (Å²) in [4.78, 5) is 25.7. The van der Waals surface area contributed by atoms with E-state index in [0.29, 0.717) is 11.5 Å². The number of carbonyl (C=O) groups excluding carboxylic acids is 2. The maximum absolute atomic E-state index is 14.3. The van der Waals surface area contributed by atoms with E-state index in [-0.39, 0.29) is 11.5 Å². The van der Waals surface area contributed by atoms with Gasteiger partial charge in [-0.15, -0.1) is 0 Å². The molecule has 2 aromatic rings. The Labute approximate surface area is 179 Å². The van der Waals surface area contributed by atoms with Crippen LogP contribution in [0.3, 0.4) is 0 Å². The van der Waals surface area contributed by atoms with Crippen molar-refractivity contribution in [2.75, 3.05) is 7.11 Å². The second-order valence-electron chi connectivity index (χ2n) is 8.17. The molecule has 7 rings (SSSR count). The SMILES string of the molecule is COC12C=CC(OC1=O)C1C2C(=O)C=C(C(F)(F)F)C12Oc1cccc3cccc(c13)O2. The van der Waals surface area contributed by atoms with Crippen LogP contribution in [0.5, 0.6) is 11.5 Å². The van der Waals surface area contributed by atoms with Crippen LogP contribution < -0.4 is 9.47 Å². The number of benzene rings is 2. The molecule has 0 N–H and O–H groups in total. The summed E-state index contributed by atoms with van der Waals surface area (Å²) in [6, 6.07) is 9.98. The molecule has 2 bridgehead atoms. The number of halogens is 3. The third kappa shape index (κ3) is 2.19. The molecule has 0 radical (unpaired) electrons. The summed E-state index contributed by atoms with van der Waals surface area (Å²) in [7, 11) is 1.20. The Bertz CT molecular complexity index is 1220. The van der Waals surface area contributed by atoms with Gasteiger partial charge >= 0.3 is 12.1 Å². The molecule has 32 heavy (non-hydrogen) atoms. The number of esters is 1. The number of rotatable bonds is 1. The minimum atomic E-state index is -4.95. The highest BCUT2D eigenvalue weighted by Gasteiger charge is 2.74. The summed E-state index contributed by atoms with van der Waals surface area (Å²) < 4.78 is 65.8. The molecule has 0 saturated carbocycles. The Hall–Kier alpha value is -3.33. The third-order valence-electron chi connectivity index (χ3n) is 6.67. The fourth-order valence-electron chi connectivity index (χ4n) is 5.37. The Balaban J connectivity index is 1.64. The molecule has 164 valence electrons. The zero-order valence-electron chi connectivity index (χ0n) is 16.5. The van der Waals surface area contributed by atoms with Gasteiger partial charge in [-0.2, -0.15) is 13.2 Å². The Morgan fingerprint density at radius 3 is 2.25 bits per heavy atom. The molecule has 9 heteroatoms. The van der Waals surface area contributed by atoms with Gasteiger partial charge in [0.1, 0.15) is 23.2 Å². The monoisotopic (exact) mass is 444 g/mol. The summed E-state index contributed by atoms with van der Waals surface area (Å²) in [5, 5.41) is 1.24. The average Bonchev–Trinajstić information content (AvgIpc) is 2.76.